The normalized spacial score (nSPS) is 16.9. The van der Waals surface area contributed by atoms with Crippen LogP contribution in [0.2, 0.25) is 0 Å². The molecule has 3 aromatic heterocycles. The molecule has 10 aromatic carbocycles. The van der Waals surface area contributed by atoms with Gasteiger partial charge in [-0.2, -0.15) is 0 Å². The van der Waals surface area contributed by atoms with Crippen molar-refractivity contribution in [3.8, 4) is 56.4 Å². The molecule has 65 heavy (non-hydrogen) atoms. The molecule has 1 aliphatic rings. The first-order valence-corrected chi connectivity index (χ1v) is 21.6. The lowest BCUT2D eigenvalue weighted by Gasteiger charge is -2.21. The largest absolute Gasteiger partial charge is 0.456 e. The van der Waals surface area contributed by atoms with Crippen molar-refractivity contribution in [3.05, 3.63) is 199 Å². The molecular weight excluding hydrogens is 811 g/mol. The molecule has 0 bridgehead atoms. The minimum absolute atomic E-state index is 0.000686. The van der Waals surface area contributed by atoms with E-state index in [0.29, 0.717) is 22.3 Å². The monoisotopic (exact) mass is 864 g/mol. The number of benzene rings is 10. The quantitative estimate of drug-likeness (QED) is 0.165. The zero-order valence-electron chi connectivity index (χ0n) is 51.2. The molecule has 0 amide bonds. The third-order valence-electron chi connectivity index (χ3n) is 12.6. The summed E-state index contributed by atoms with van der Waals surface area (Å²) in [5, 5.41) is -0.841. The maximum Gasteiger partial charge on any atom is 0.164 e. The van der Waals surface area contributed by atoms with Gasteiger partial charge in [0.05, 0.1) is 23.3 Å². The number of nitrogens with zero attached hydrogens (tertiary/aromatic N) is 3. The Morgan fingerprint density at radius 2 is 1.09 bits per heavy atom. The third kappa shape index (κ3) is 5.33. The van der Waals surface area contributed by atoms with E-state index in [-0.39, 0.29) is 65.4 Å². The van der Waals surface area contributed by atoms with Crippen LogP contribution < -0.4 is 0 Å². The third-order valence-corrected chi connectivity index (χ3v) is 13.6. The van der Waals surface area contributed by atoms with Crippen LogP contribution in [0, 0.1) is 0 Å². The first-order valence-electron chi connectivity index (χ1n) is 29.3. The summed E-state index contributed by atoms with van der Waals surface area (Å²) in [4.78, 5) is 15.1. The highest BCUT2D eigenvalue weighted by Crippen LogP contribution is 2.52. The van der Waals surface area contributed by atoms with Crippen molar-refractivity contribution in [2.45, 2.75) is 19.3 Å². The van der Waals surface area contributed by atoms with Crippen LogP contribution in [-0.2, 0) is 5.41 Å². The second-order valence-electron chi connectivity index (χ2n) is 16.5. The highest BCUT2D eigenvalue weighted by molar-refractivity contribution is 7.26. The smallest absolute Gasteiger partial charge is 0.164 e. The maximum absolute atomic E-state index is 10.0. The lowest BCUT2D eigenvalue weighted by Crippen LogP contribution is -2.14. The molecule has 5 heteroatoms. The van der Waals surface area contributed by atoms with Gasteiger partial charge in [-0.15, -0.1) is 11.3 Å². The van der Waals surface area contributed by atoms with Crippen molar-refractivity contribution < 1.29 is 27.7 Å². The predicted molar refractivity (Wildman–Crippen MR) is 272 cm³/mol. The van der Waals surface area contributed by atoms with Gasteiger partial charge in [0.1, 0.15) is 11.2 Å². The second kappa shape index (κ2) is 13.5. The summed E-state index contributed by atoms with van der Waals surface area (Å²) in [5.41, 5.74) is 4.88. The van der Waals surface area contributed by atoms with Gasteiger partial charge in [-0.25, -0.2) is 15.0 Å². The van der Waals surface area contributed by atoms with E-state index >= 15 is 0 Å². The Hall–Kier alpha value is -7.99. The molecule has 0 saturated carbocycles. The van der Waals surface area contributed by atoms with Gasteiger partial charge in [0.2, 0.25) is 0 Å². The number of aromatic nitrogens is 3. The van der Waals surface area contributed by atoms with E-state index in [1.807, 2.05) is 72.8 Å². The lowest BCUT2D eigenvalue weighted by atomic mass is 9.82. The zero-order chi connectivity index (χ0) is 57.8. The molecule has 0 N–H and O–H groups in total. The van der Waals surface area contributed by atoms with E-state index in [1.165, 1.54) is 0 Å². The zero-order valence-corrected chi connectivity index (χ0v) is 35.1. The minimum Gasteiger partial charge on any atom is -0.456 e. The molecule has 0 unspecified atom stereocenters. The number of furan rings is 1. The molecule has 0 atom stereocenters. The van der Waals surface area contributed by atoms with E-state index in [9.17, 15) is 12.3 Å². The van der Waals surface area contributed by atoms with Crippen LogP contribution >= 0.6 is 11.3 Å². The van der Waals surface area contributed by atoms with Crippen molar-refractivity contribution in [3.63, 3.8) is 0 Å². The van der Waals surface area contributed by atoms with Crippen LogP contribution in [-0.4, -0.2) is 15.0 Å². The molecule has 4 nitrogen and oxygen atoms in total. The van der Waals surface area contributed by atoms with Crippen LogP contribution in [0.3, 0.4) is 0 Å². The second-order valence-corrected chi connectivity index (χ2v) is 17.5. The molecule has 0 saturated heterocycles. The van der Waals surface area contributed by atoms with Crippen molar-refractivity contribution in [2.24, 2.45) is 0 Å². The van der Waals surface area contributed by atoms with E-state index < -0.39 is 129 Å². The standard InChI is InChI=1S/C60H37N3OS/c1-60(2)49-21-9-7-18-45(49)55-47(20-11-22-50(55)60)59-62-57(35-26-29-44-43-17-8-10-23-51(43)64-52(44)32-35)61-58(63-59)36-27-30-46-54(33-36)65-53-24-12-19-37(56(46)53)34-25-28-42-40-15-4-3-13-38(40)39-14-5-6-16-41(39)48(42)31-34/h3-33H,1-2H3/i3D,4D,5D,6D,12D,13D,14D,15D,16D,19D,24D,25D,27D,28D,30D,31D,33D. The highest BCUT2D eigenvalue weighted by atomic mass is 32.1. The van der Waals surface area contributed by atoms with Crippen molar-refractivity contribution in [1.82, 2.24) is 15.0 Å². The maximum atomic E-state index is 10.0. The Bertz CT molecular complexity index is 5150. The van der Waals surface area contributed by atoms with Crippen LogP contribution in [0.15, 0.2) is 192 Å². The number of fused-ring (bicyclic) bond motifs is 15. The van der Waals surface area contributed by atoms with Crippen LogP contribution in [0.4, 0.5) is 0 Å². The first kappa shape index (κ1) is 23.6. The first-order chi connectivity index (χ1) is 39.1. The van der Waals surface area contributed by atoms with Crippen LogP contribution in [0.1, 0.15) is 48.3 Å². The van der Waals surface area contributed by atoms with E-state index in [0.717, 1.165) is 44.4 Å². The summed E-state index contributed by atoms with van der Waals surface area (Å²) >= 11 is 0.810. The molecule has 304 valence electrons. The van der Waals surface area contributed by atoms with Gasteiger partial charge in [0, 0.05) is 53.1 Å². The van der Waals surface area contributed by atoms with Gasteiger partial charge in [0.15, 0.2) is 17.5 Å². The summed E-state index contributed by atoms with van der Waals surface area (Å²) in [6, 6.07) is 15.9. The summed E-state index contributed by atoms with van der Waals surface area (Å²) in [6.45, 7) is 4.29. The van der Waals surface area contributed by atoms with Gasteiger partial charge in [0.25, 0.3) is 0 Å². The van der Waals surface area contributed by atoms with E-state index in [4.69, 9.17) is 30.3 Å². The Labute approximate surface area is 402 Å². The number of hydrogen-bond acceptors (Lipinski definition) is 5. The summed E-state index contributed by atoms with van der Waals surface area (Å²) in [5.74, 6) is 0.231. The fourth-order valence-corrected chi connectivity index (χ4v) is 10.6. The molecule has 0 spiro atoms. The van der Waals surface area contributed by atoms with Gasteiger partial charge < -0.3 is 4.42 Å². The molecule has 13 aromatic rings. The Balaban J connectivity index is 1.07. The molecule has 3 heterocycles. The number of hydrogen-bond donors (Lipinski definition) is 0. The molecule has 0 aliphatic heterocycles. The van der Waals surface area contributed by atoms with Crippen molar-refractivity contribution >= 4 is 85.8 Å². The Kier molecular flexibility index (Phi) is 4.91. The Morgan fingerprint density at radius 3 is 1.92 bits per heavy atom. The van der Waals surface area contributed by atoms with E-state index in [2.05, 4.69) is 26.0 Å². The minimum atomic E-state index is -0.775. The lowest BCUT2D eigenvalue weighted by molar-refractivity contribution is 0.660. The van der Waals surface area contributed by atoms with Gasteiger partial charge >= 0.3 is 0 Å². The number of thiophene rings is 1. The summed E-state index contributed by atoms with van der Waals surface area (Å²) in [7, 11) is 0. The van der Waals surface area contributed by atoms with E-state index in [1.54, 1.807) is 0 Å². The fraction of sp³-hybridized carbons (Fsp3) is 0.0500. The number of rotatable bonds is 4. The Morgan fingerprint density at radius 1 is 0.446 bits per heavy atom. The molecule has 1 aliphatic carbocycles. The SMILES string of the molecule is [2H]c1c([2H])c(-c2c([2H])c([2H])c3c4c([2H])c([2H])c([2H])c([2H])c4c4c([2H])c([2H])c([2H])c([2H])c4c3c2[2H])c2c(sc3c([2H])c(-c4nc(-c5ccc6c(c5)oc5ccccc56)nc(-c5cccc6c5-c5ccccc5C6(C)C)n4)c([2H])c([2H])c32)c1[2H]. The van der Waals surface area contributed by atoms with Crippen molar-refractivity contribution in [2.75, 3.05) is 0 Å². The fourth-order valence-electron chi connectivity index (χ4n) is 9.57. The molecule has 0 fully saturated rings. The molecule has 0 radical (unpaired) electrons. The van der Waals surface area contributed by atoms with Crippen LogP contribution in [0.5, 0.6) is 0 Å². The molecular formula is C60H37N3OS. The molecule has 14 rings (SSSR count). The average Bonchev–Trinajstić information content (AvgIpc) is 1.42. The predicted octanol–water partition coefficient (Wildman–Crippen LogP) is 16.6. The van der Waals surface area contributed by atoms with Gasteiger partial charge in [-0.1, -0.05) is 165 Å². The van der Waals surface area contributed by atoms with Crippen molar-refractivity contribution in [1.29, 1.82) is 0 Å². The van der Waals surface area contributed by atoms with Crippen LogP contribution in [0.25, 0.3) is 131 Å². The van der Waals surface area contributed by atoms with Gasteiger partial charge in [-0.05, 0) is 102 Å². The number of para-hydroxylation sites is 1. The highest BCUT2D eigenvalue weighted by Gasteiger charge is 2.37. The van der Waals surface area contributed by atoms with Gasteiger partial charge in [-0.3, -0.25) is 0 Å². The average molecular weight is 865 g/mol. The summed E-state index contributed by atoms with van der Waals surface area (Å²) < 4.78 is 164. The topological polar surface area (TPSA) is 51.8 Å². The summed E-state index contributed by atoms with van der Waals surface area (Å²) in [6.07, 6.45) is 0.